The number of halogens is 1. The van der Waals surface area contributed by atoms with Crippen molar-refractivity contribution in [2.45, 2.75) is 13.3 Å². The lowest BCUT2D eigenvalue weighted by Gasteiger charge is -2.13. The molecule has 34 heavy (non-hydrogen) atoms. The summed E-state index contributed by atoms with van der Waals surface area (Å²) in [6.07, 6.45) is 4.09. The van der Waals surface area contributed by atoms with Gasteiger partial charge in [0.1, 0.15) is 5.70 Å². The number of hydrogen-bond acceptors (Lipinski definition) is 4. The quantitative estimate of drug-likeness (QED) is 0.277. The van der Waals surface area contributed by atoms with Crippen molar-refractivity contribution >= 4 is 41.4 Å². The maximum Gasteiger partial charge on any atom is 0.287 e. The number of nitrogens with zero attached hydrogens (tertiary/aromatic N) is 2. The molecule has 2 N–H and O–H groups in total. The normalized spacial score (nSPS) is 11.4. The van der Waals surface area contributed by atoms with Crippen molar-refractivity contribution < 1.29 is 9.59 Å². The molecule has 0 aliphatic heterocycles. The van der Waals surface area contributed by atoms with Crippen LogP contribution < -0.4 is 15.6 Å². The molecule has 0 bridgehead atoms. The Morgan fingerprint density at radius 2 is 1.59 bits per heavy atom. The van der Waals surface area contributed by atoms with Gasteiger partial charge in [-0.1, -0.05) is 67.1 Å². The van der Waals surface area contributed by atoms with Gasteiger partial charge in [-0.2, -0.15) is 5.10 Å². The van der Waals surface area contributed by atoms with Crippen molar-refractivity contribution in [3.05, 3.63) is 106 Å². The average molecular weight is 475 g/mol. The molecule has 7 heteroatoms. The van der Waals surface area contributed by atoms with Gasteiger partial charge >= 0.3 is 0 Å². The van der Waals surface area contributed by atoms with Crippen LogP contribution in [-0.4, -0.2) is 32.1 Å². The Balaban J connectivity index is 1.82. The highest BCUT2D eigenvalue weighted by molar-refractivity contribution is 6.34. The maximum absolute atomic E-state index is 12.9. The lowest BCUT2D eigenvalue weighted by molar-refractivity contribution is -0.117. The summed E-state index contributed by atoms with van der Waals surface area (Å²) in [7, 11) is 3.89. The minimum absolute atomic E-state index is 0.0426. The molecular weight excluding hydrogens is 448 g/mol. The van der Waals surface area contributed by atoms with Crippen molar-refractivity contribution in [3.8, 4) is 0 Å². The fourth-order valence-corrected chi connectivity index (χ4v) is 3.32. The smallest absolute Gasteiger partial charge is 0.287 e. The van der Waals surface area contributed by atoms with Crippen LogP contribution in [0.15, 0.2) is 83.6 Å². The third kappa shape index (κ3) is 6.80. The first-order chi connectivity index (χ1) is 16.4. The zero-order valence-electron chi connectivity index (χ0n) is 19.4. The van der Waals surface area contributed by atoms with Crippen molar-refractivity contribution in [2.24, 2.45) is 5.10 Å². The fourth-order valence-electron chi connectivity index (χ4n) is 3.09. The number of anilines is 1. The van der Waals surface area contributed by atoms with Crippen LogP contribution in [0.4, 0.5) is 5.69 Å². The Labute approximate surface area is 204 Å². The molecule has 0 saturated heterocycles. The van der Waals surface area contributed by atoms with Gasteiger partial charge in [0.05, 0.1) is 16.8 Å². The van der Waals surface area contributed by atoms with Crippen LogP contribution in [-0.2, 0) is 11.2 Å². The van der Waals surface area contributed by atoms with Gasteiger partial charge in [0, 0.05) is 19.8 Å². The van der Waals surface area contributed by atoms with Gasteiger partial charge in [0.2, 0.25) is 0 Å². The maximum atomic E-state index is 12.9. The summed E-state index contributed by atoms with van der Waals surface area (Å²) in [4.78, 5) is 27.7. The molecule has 6 nitrogen and oxygen atoms in total. The van der Waals surface area contributed by atoms with Crippen molar-refractivity contribution in [2.75, 3.05) is 19.0 Å². The molecule has 0 aliphatic rings. The number of amides is 2. The van der Waals surface area contributed by atoms with Crippen molar-refractivity contribution in [1.82, 2.24) is 10.7 Å². The second-order valence-electron chi connectivity index (χ2n) is 7.77. The molecule has 0 aliphatic carbocycles. The number of carbonyl (C=O) groups excluding carboxylic acids is 2. The van der Waals surface area contributed by atoms with Gasteiger partial charge < -0.3 is 10.2 Å². The van der Waals surface area contributed by atoms with Crippen LogP contribution in [0, 0.1) is 0 Å². The SMILES string of the molecule is CCc1ccc(/C=N\NC(=O)/C(=C\c2ccc(N(C)C)cc2)NC(=O)c2ccccc2Cl)cc1. The van der Waals surface area contributed by atoms with E-state index in [4.69, 9.17) is 11.6 Å². The van der Waals surface area contributed by atoms with E-state index in [1.165, 1.54) is 5.56 Å². The number of aryl methyl sites for hydroxylation is 1. The lowest BCUT2D eigenvalue weighted by atomic mass is 10.1. The van der Waals surface area contributed by atoms with E-state index >= 15 is 0 Å². The standard InChI is InChI=1S/C27H27ClN4O2/c1-4-19-9-11-21(12-10-19)18-29-31-27(34)25(17-20-13-15-22(16-14-20)32(2)3)30-26(33)23-7-5-6-8-24(23)28/h5-18H,4H2,1-3H3,(H,30,33)(H,31,34)/b25-17+,29-18-. The molecule has 0 unspecified atom stereocenters. The molecule has 0 saturated carbocycles. The number of hydrogen-bond donors (Lipinski definition) is 2. The lowest BCUT2D eigenvalue weighted by Crippen LogP contribution is -2.33. The average Bonchev–Trinajstić information content (AvgIpc) is 2.84. The predicted molar refractivity (Wildman–Crippen MR) is 139 cm³/mol. The van der Waals surface area contributed by atoms with E-state index in [1.807, 2.05) is 67.5 Å². The van der Waals surface area contributed by atoms with Gasteiger partial charge in [-0.15, -0.1) is 0 Å². The molecule has 3 aromatic rings. The van der Waals surface area contributed by atoms with Gasteiger partial charge in [0.25, 0.3) is 11.8 Å². The summed E-state index contributed by atoms with van der Waals surface area (Å²) >= 11 is 6.15. The van der Waals surface area contributed by atoms with Crippen LogP contribution >= 0.6 is 11.6 Å². The molecule has 3 rings (SSSR count). The number of carbonyl (C=O) groups is 2. The van der Waals surface area contributed by atoms with E-state index in [1.54, 1.807) is 36.6 Å². The van der Waals surface area contributed by atoms with Crippen LogP contribution in [0.3, 0.4) is 0 Å². The van der Waals surface area contributed by atoms with E-state index in [2.05, 4.69) is 22.8 Å². The van der Waals surface area contributed by atoms with E-state index in [0.717, 1.165) is 23.2 Å². The summed E-state index contributed by atoms with van der Waals surface area (Å²) in [5.41, 5.74) is 6.63. The summed E-state index contributed by atoms with van der Waals surface area (Å²) in [6, 6.07) is 22.1. The Morgan fingerprint density at radius 3 is 2.21 bits per heavy atom. The number of nitrogens with one attached hydrogen (secondary N) is 2. The summed E-state index contributed by atoms with van der Waals surface area (Å²) < 4.78 is 0. The van der Waals surface area contributed by atoms with Gasteiger partial charge in [-0.05, 0) is 53.5 Å². The highest BCUT2D eigenvalue weighted by atomic mass is 35.5. The largest absolute Gasteiger partial charge is 0.378 e. The van der Waals surface area contributed by atoms with Crippen LogP contribution in [0.5, 0.6) is 0 Å². The van der Waals surface area contributed by atoms with Gasteiger partial charge in [0.15, 0.2) is 0 Å². The van der Waals surface area contributed by atoms with Crippen LogP contribution in [0.25, 0.3) is 6.08 Å². The summed E-state index contributed by atoms with van der Waals surface area (Å²) in [6.45, 7) is 2.09. The molecular formula is C27H27ClN4O2. The minimum atomic E-state index is -0.557. The third-order valence-electron chi connectivity index (χ3n) is 5.10. The van der Waals surface area contributed by atoms with Crippen LogP contribution in [0.1, 0.15) is 34.0 Å². The molecule has 0 spiro atoms. The Hall–Kier alpha value is -3.90. The predicted octanol–water partition coefficient (Wildman–Crippen LogP) is 4.89. The molecule has 0 aromatic heterocycles. The first kappa shape index (κ1) is 24.7. The Bertz CT molecular complexity index is 1200. The zero-order chi connectivity index (χ0) is 24.5. The molecule has 3 aromatic carbocycles. The second-order valence-corrected chi connectivity index (χ2v) is 8.18. The monoisotopic (exact) mass is 474 g/mol. The first-order valence-electron chi connectivity index (χ1n) is 10.8. The number of rotatable bonds is 8. The molecule has 0 fully saturated rings. The van der Waals surface area contributed by atoms with Crippen molar-refractivity contribution in [3.63, 3.8) is 0 Å². The van der Waals surface area contributed by atoms with E-state index < -0.39 is 11.8 Å². The third-order valence-corrected chi connectivity index (χ3v) is 5.43. The van der Waals surface area contributed by atoms with Gasteiger partial charge in [-0.25, -0.2) is 5.43 Å². The summed E-state index contributed by atoms with van der Waals surface area (Å²) in [5.74, 6) is -1.05. The number of hydrazone groups is 1. The molecule has 0 radical (unpaired) electrons. The second kappa shape index (κ2) is 11.8. The topological polar surface area (TPSA) is 73.8 Å². The highest BCUT2D eigenvalue weighted by Crippen LogP contribution is 2.17. The van der Waals surface area contributed by atoms with E-state index in [0.29, 0.717) is 5.02 Å². The molecule has 0 atom stereocenters. The minimum Gasteiger partial charge on any atom is -0.378 e. The van der Waals surface area contributed by atoms with Crippen molar-refractivity contribution in [1.29, 1.82) is 0 Å². The highest BCUT2D eigenvalue weighted by Gasteiger charge is 2.16. The van der Waals surface area contributed by atoms with E-state index in [-0.39, 0.29) is 11.3 Å². The van der Waals surface area contributed by atoms with Crippen LogP contribution in [0.2, 0.25) is 5.02 Å². The van der Waals surface area contributed by atoms with Gasteiger partial charge in [-0.3, -0.25) is 9.59 Å². The Morgan fingerprint density at radius 1 is 0.941 bits per heavy atom. The first-order valence-corrected chi connectivity index (χ1v) is 11.2. The fraction of sp³-hybridized carbons (Fsp3) is 0.148. The number of benzene rings is 3. The molecule has 174 valence electrons. The molecule has 0 heterocycles. The van der Waals surface area contributed by atoms with E-state index in [9.17, 15) is 9.59 Å². The Kier molecular flexibility index (Phi) is 8.60. The zero-order valence-corrected chi connectivity index (χ0v) is 20.1. The summed E-state index contributed by atoms with van der Waals surface area (Å²) in [5, 5.41) is 7.00. The molecule has 2 amide bonds.